The molecular formula is C18H20N2O4. The highest BCUT2D eigenvalue weighted by molar-refractivity contribution is 6.01. The number of benzene rings is 2. The molecule has 6 heteroatoms. The zero-order valence-electron chi connectivity index (χ0n) is 14.1. The van der Waals surface area contributed by atoms with E-state index in [9.17, 15) is 4.79 Å². The van der Waals surface area contributed by atoms with Gasteiger partial charge in [-0.15, -0.1) is 0 Å². The number of carbonyl (C=O) groups is 1. The molecule has 2 rings (SSSR count). The molecule has 2 aromatic rings. The van der Waals surface area contributed by atoms with Crippen LogP contribution in [0.15, 0.2) is 47.6 Å². The molecule has 0 radical (unpaired) electrons. The van der Waals surface area contributed by atoms with Crippen LogP contribution in [0.2, 0.25) is 0 Å². The maximum absolute atomic E-state index is 12.3. The van der Waals surface area contributed by atoms with Gasteiger partial charge in [0, 0.05) is 11.6 Å². The number of amides is 1. The normalized spacial score (nSPS) is 10.9. The van der Waals surface area contributed by atoms with Crippen molar-refractivity contribution in [3.8, 4) is 17.2 Å². The van der Waals surface area contributed by atoms with Crippen LogP contribution in [0, 0.1) is 0 Å². The third-order valence-corrected chi connectivity index (χ3v) is 3.45. The van der Waals surface area contributed by atoms with E-state index in [4.69, 9.17) is 14.2 Å². The smallest absolute Gasteiger partial charge is 0.271 e. The summed E-state index contributed by atoms with van der Waals surface area (Å²) < 4.78 is 15.4. The summed E-state index contributed by atoms with van der Waals surface area (Å²) in [6.07, 6.45) is 0. The third kappa shape index (κ3) is 4.25. The number of rotatable bonds is 6. The topological polar surface area (TPSA) is 69.2 Å². The van der Waals surface area contributed by atoms with Gasteiger partial charge in [0.25, 0.3) is 5.91 Å². The zero-order valence-corrected chi connectivity index (χ0v) is 14.1. The summed E-state index contributed by atoms with van der Waals surface area (Å²) in [6, 6.07) is 12.4. The second kappa shape index (κ2) is 8.01. The molecule has 126 valence electrons. The lowest BCUT2D eigenvalue weighted by atomic mass is 10.1. The Morgan fingerprint density at radius 3 is 1.88 bits per heavy atom. The number of ether oxygens (including phenoxy) is 3. The first-order valence-electron chi connectivity index (χ1n) is 7.29. The van der Waals surface area contributed by atoms with Crippen LogP contribution in [0.1, 0.15) is 22.8 Å². The van der Waals surface area contributed by atoms with E-state index < -0.39 is 0 Å². The van der Waals surface area contributed by atoms with Gasteiger partial charge in [-0.1, -0.05) is 0 Å². The largest absolute Gasteiger partial charge is 0.497 e. The molecule has 6 nitrogen and oxygen atoms in total. The van der Waals surface area contributed by atoms with Gasteiger partial charge in [0.1, 0.15) is 17.2 Å². The van der Waals surface area contributed by atoms with Crippen molar-refractivity contribution >= 4 is 11.6 Å². The molecule has 0 aliphatic heterocycles. The van der Waals surface area contributed by atoms with Crippen LogP contribution in [0.4, 0.5) is 0 Å². The van der Waals surface area contributed by atoms with Crippen molar-refractivity contribution in [1.82, 2.24) is 5.43 Å². The first-order valence-corrected chi connectivity index (χ1v) is 7.29. The molecule has 0 bridgehead atoms. The first kappa shape index (κ1) is 17.3. The van der Waals surface area contributed by atoms with Crippen molar-refractivity contribution in [1.29, 1.82) is 0 Å². The van der Waals surface area contributed by atoms with Crippen molar-refractivity contribution in [2.24, 2.45) is 5.10 Å². The summed E-state index contributed by atoms with van der Waals surface area (Å²) in [4.78, 5) is 12.3. The zero-order chi connectivity index (χ0) is 17.5. The van der Waals surface area contributed by atoms with Crippen LogP contribution in [-0.2, 0) is 0 Å². The highest BCUT2D eigenvalue weighted by atomic mass is 16.5. The third-order valence-electron chi connectivity index (χ3n) is 3.45. The molecular weight excluding hydrogens is 308 g/mol. The van der Waals surface area contributed by atoms with E-state index in [2.05, 4.69) is 10.5 Å². The lowest BCUT2D eigenvalue weighted by Crippen LogP contribution is -2.19. The monoisotopic (exact) mass is 328 g/mol. The molecule has 1 amide bonds. The number of nitrogens with zero attached hydrogens (tertiary/aromatic N) is 1. The standard InChI is InChI=1S/C18H20N2O4/c1-12(13-5-7-15(22-2)8-6-13)19-20-18(21)14-9-16(23-3)11-17(10-14)24-4/h5-11H,1-4H3,(H,20,21)/b19-12-. The van der Waals surface area contributed by atoms with E-state index in [1.807, 2.05) is 31.2 Å². The lowest BCUT2D eigenvalue weighted by Gasteiger charge is -2.08. The van der Waals surface area contributed by atoms with Crippen LogP contribution in [0.25, 0.3) is 0 Å². The molecule has 0 heterocycles. The minimum absolute atomic E-state index is 0.347. The predicted octanol–water partition coefficient (Wildman–Crippen LogP) is 2.87. The minimum atomic E-state index is -0.347. The van der Waals surface area contributed by atoms with Gasteiger partial charge in [-0.2, -0.15) is 5.10 Å². The average Bonchev–Trinajstić information content (AvgIpc) is 2.65. The second-order valence-electron chi connectivity index (χ2n) is 4.97. The van der Waals surface area contributed by atoms with E-state index in [0.29, 0.717) is 22.8 Å². The quantitative estimate of drug-likeness (QED) is 0.654. The van der Waals surface area contributed by atoms with E-state index in [0.717, 1.165) is 11.3 Å². The highest BCUT2D eigenvalue weighted by Gasteiger charge is 2.09. The SMILES string of the molecule is COc1ccc(/C(C)=N\NC(=O)c2cc(OC)cc(OC)c2)cc1. The van der Waals surface area contributed by atoms with Crippen molar-refractivity contribution in [2.75, 3.05) is 21.3 Å². The van der Waals surface area contributed by atoms with Gasteiger partial charge in [0.15, 0.2) is 0 Å². The Labute approximate surface area is 141 Å². The predicted molar refractivity (Wildman–Crippen MR) is 92.2 cm³/mol. The number of methoxy groups -OCH3 is 3. The Hall–Kier alpha value is -3.02. The molecule has 0 aromatic heterocycles. The second-order valence-corrected chi connectivity index (χ2v) is 4.97. The van der Waals surface area contributed by atoms with Gasteiger partial charge in [0.05, 0.1) is 27.0 Å². The Balaban J connectivity index is 2.13. The molecule has 0 aliphatic carbocycles. The fourth-order valence-corrected chi connectivity index (χ4v) is 2.03. The molecule has 2 aromatic carbocycles. The summed E-state index contributed by atoms with van der Waals surface area (Å²) in [7, 11) is 4.67. The fourth-order valence-electron chi connectivity index (χ4n) is 2.03. The molecule has 0 unspecified atom stereocenters. The van der Waals surface area contributed by atoms with Gasteiger partial charge >= 0.3 is 0 Å². The molecule has 24 heavy (non-hydrogen) atoms. The molecule has 0 atom stereocenters. The van der Waals surface area contributed by atoms with Gasteiger partial charge in [-0.3, -0.25) is 4.79 Å². The number of hydrazone groups is 1. The first-order chi connectivity index (χ1) is 11.6. The maximum Gasteiger partial charge on any atom is 0.271 e. The van der Waals surface area contributed by atoms with Crippen LogP contribution >= 0.6 is 0 Å². The number of hydrogen-bond donors (Lipinski definition) is 1. The lowest BCUT2D eigenvalue weighted by molar-refractivity contribution is 0.0954. The molecule has 0 saturated carbocycles. The van der Waals surface area contributed by atoms with Crippen molar-refractivity contribution < 1.29 is 19.0 Å². The molecule has 0 saturated heterocycles. The number of carbonyl (C=O) groups excluding carboxylic acids is 1. The van der Waals surface area contributed by atoms with E-state index in [-0.39, 0.29) is 5.91 Å². The molecule has 0 spiro atoms. The number of nitrogens with one attached hydrogen (secondary N) is 1. The summed E-state index contributed by atoms with van der Waals surface area (Å²) in [5.41, 5.74) is 4.51. The molecule has 0 aliphatic rings. The summed E-state index contributed by atoms with van der Waals surface area (Å²) in [5.74, 6) is 1.49. The van der Waals surface area contributed by atoms with Crippen molar-refractivity contribution in [3.63, 3.8) is 0 Å². The van der Waals surface area contributed by atoms with Crippen molar-refractivity contribution in [3.05, 3.63) is 53.6 Å². The van der Waals surface area contributed by atoms with Gasteiger partial charge < -0.3 is 14.2 Å². The van der Waals surface area contributed by atoms with E-state index in [1.54, 1.807) is 25.3 Å². The van der Waals surface area contributed by atoms with E-state index in [1.165, 1.54) is 14.2 Å². The Kier molecular flexibility index (Phi) is 5.78. The Bertz CT molecular complexity index is 717. The fraction of sp³-hybridized carbons (Fsp3) is 0.222. The van der Waals surface area contributed by atoms with Crippen LogP contribution in [-0.4, -0.2) is 32.9 Å². The maximum atomic E-state index is 12.3. The average molecular weight is 328 g/mol. The molecule has 0 fully saturated rings. The van der Waals surface area contributed by atoms with Crippen molar-refractivity contribution in [2.45, 2.75) is 6.92 Å². The van der Waals surface area contributed by atoms with E-state index >= 15 is 0 Å². The highest BCUT2D eigenvalue weighted by Crippen LogP contribution is 2.22. The Morgan fingerprint density at radius 1 is 0.833 bits per heavy atom. The van der Waals surface area contributed by atoms with Gasteiger partial charge in [-0.25, -0.2) is 5.43 Å². The van der Waals surface area contributed by atoms with Gasteiger partial charge in [-0.05, 0) is 48.9 Å². The Morgan fingerprint density at radius 2 is 1.38 bits per heavy atom. The summed E-state index contributed by atoms with van der Waals surface area (Å²) in [6.45, 7) is 1.81. The molecule has 1 N–H and O–H groups in total. The summed E-state index contributed by atoms with van der Waals surface area (Å²) >= 11 is 0. The minimum Gasteiger partial charge on any atom is -0.497 e. The van der Waals surface area contributed by atoms with Gasteiger partial charge in [0.2, 0.25) is 0 Å². The van der Waals surface area contributed by atoms with Crippen LogP contribution in [0.5, 0.6) is 17.2 Å². The van der Waals surface area contributed by atoms with Crippen LogP contribution in [0.3, 0.4) is 0 Å². The van der Waals surface area contributed by atoms with Crippen LogP contribution < -0.4 is 19.6 Å². The number of hydrogen-bond acceptors (Lipinski definition) is 5. The summed E-state index contributed by atoms with van der Waals surface area (Å²) in [5, 5.41) is 4.13.